The Hall–Kier alpha value is 0.0300. The molecule has 1 aliphatic heterocycles. The van der Waals surface area contributed by atoms with Crippen molar-refractivity contribution < 1.29 is 9.53 Å². The first-order chi connectivity index (χ1) is 6.77. The maximum absolute atomic E-state index is 11.7. The van der Waals surface area contributed by atoms with Crippen molar-refractivity contribution in [2.45, 2.75) is 12.5 Å². The van der Waals surface area contributed by atoms with Gasteiger partial charge in [0, 0.05) is 38.2 Å². The quantitative estimate of drug-likeness (QED) is 0.787. The van der Waals surface area contributed by atoms with Crippen molar-refractivity contribution in [3.63, 3.8) is 0 Å². The molecule has 1 unspecified atom stereocenters. The van der Waals surface area contributed by atoms with Crippen LogP contribution in [0.5, 0.6) is 0 Å². The Morgan fingerprint density at radius 3 is 2.60 bits per heavy atom. The SMILES string of the molecule is COC(CN)CC(=O)N1CCSCC1.Cl. The molecule has 1 fully saturated rings. The van der Waals surface area contributed by atoms with E-state index in [0.29, 0.717) is 13.0 Å². The van der Waals surface area contributed by atoms with Gasteiger partial charge in [-0.25, -0.2) is 0 Å². The van der Waals surface area contributed by atoms with E-state index in [1.54, 1.807) is 7.11 Å². The first-order valence-corrected chi connectivity index (χ1v) is 6.01. The Labute approximate surface area is 101 Å². The second-order valence-electron chi connectivity index (χ2n) is 3.29. The van der Waals surface area contributed by atoms with Crippen LogP contribution in [0.15, 0.2) is 0 Å². The van der Waals surface area contributed by atoms with E-state index in [9.17, 15) is 4.79 Å². The lowest BCUT2D eigenvalue weighted by Gasteiger charge is -2.27. The number of methoxy groups -OCH3 is 1. The minimum Gasteiger partial charge on any atom is -0.380 e. The van der Waals surface area contributed by atoms with Crippen molar-refractivity contribution in [2.24, 2.45) is 5.73 Å². The minimum absolute atomic E-state index is 0. The van der Waals surface area contributed by atoms with Crippen molar-refractivity contribution in [3.8, 4) is 0 Å². The van der Waals surface area contributed by atoms with E-state index >= 15 is 0 Å². The van der Waals surface area contributed by atoms with E-state index in [-0.39, 0.29) is 24.4 Å². The molecule has 1 amide bonds. The van der Waals surface area contributed by atoms with Crippen molar-refractivity contribution in [1.82, 2.24) is 4.90 Å². The number of nitrogens with zero attached hydrogens (tertiary/aromatic N) is 1. The number of nitrogens with two attached hydrogens (primary N) is 1. The number of amides is 1. The highest BCUT2D eigenvalue weighted by Crippen LogP contribution is 2.11. The molecule has 0 radical (unpaired) electrons. The molecule has 0 saturated carbocycles. The van der Waals surface area contributed by atoms with Gasteiger partial charge in [-0.3, -0.25) is 4.79 Å². The van der Waals surface area contributed by atoms with Crippen LogP contribution in [-0.2, 0) is 9.53 Å². The average molecular weight is 255 g/mol. The number of hydrogen-bond donors (Lipinski definition) is 1. The summed E-state index contributed by atoms with van der Waals surface area (Å²) in [7, 11) is 1.59. The van der Waals surface area contributed by atoms with Crippen LogP contribution in [0.2, 0.25) is 0 Å². The van der Waals surface area contributed by atoms with Crippen LogP contribution < -0.4 is 5.73 Å². The second-order valence-corrected chi connectivity index (χ2v) is 4.52. The van der Waals surface area contributed by atoms with Gasteiger partial charge in [-0.1, -0.05) is 0 Å². The summed E-state index contributed by atoms with van der Waals surface area (Å²) in [5, 5.41) is 0. The predicted molar refractivity (Wildman–Crippen MR) is 65.6 cm³/mol. The molecule has 0 aliphatic carbocycles. The molecule has 1 rings (SSSR count). The molecule has 1 heterocycles. The Morgan fingerprint density at radius 2 is 2.13 bits per heavy atom. The maximum Gasteiger partial charge on any atom is 0.225 e. The Bertz CT molecular complexity index is 185. The molecular weight excluding hydrogens is 236 g/mol. The highest BCUT2D eigenvalue weighted by Gasteiger charge is 2.19. The molecule has 0 bridgehead atoms. The third kappa shape index (κ3) is 5.06. The van der Waals surface area contributed by atoms with Gasteiger partial charge in [0.25, 0.3) is 0 Å². The van der Waals surface area contributed by atoms with E-state index in [1.165, 1.54) is 0 Å². The molecule has 6 heteroatoms. The van der Waals surface area contributed by atoms with Gasteiger partial charge in [0.15, 0.2) is 0 Å². The molecule has 0 aromatic heterocycles. The molecule has 1 aliphatic rings. The van der Waals surface area contributed by atoms with Crippen molar-refractivity contribution >= 4 is 30.1 Å². The number of halogens is 1. The van der Waals surface area contributed by atoms with Crippen LogP contribution >= 0.6 is 24.2 Å². The zero-order valence-corrected chi connectivity index (χ0v) is 10.6. The Morgan fingerprint density at radius 1 is 1.53 bits per heavy atom. The summed E-state index contributed by atoms with van der Waals surface area (Å²) in [4.78, 5) is 13.6. The van der Waals surface area contributed by atoms with Crippen LogP contribution in [0.25, 0.3) is 0 Å². The summed E-state index contributed by atoms with van der Waals surface area (Å²) >= 11 is 1.90. The minimum atomic E-state index is -0.128. The van der Waals surface area contributed by atoms with Gasteiger partial charge in [0.1, 0.15) is 0 Å². The van der Waals surface area contributed by atoms with Gasteiger partial charge in [0.05, 0.1) is 12.5 Å². The zero-order valence-electron chi connectivity index (χ0n) is 8.98. The fourth-order valence-electron chi connectivity index (χ4n) is 1.40. The van der Waals surface area contributed by atoms with Crippen LogP contribution in [0, 0.1) is 0 Å². The first kappa shape index (κ1) is 15.0. The Balaban J connectivity index is 0.00000196. The summed E-state index contributed by atoms with van der Waals surface area (Å²) in [5.74, 6) is 2.26. The van der Waals surface area contributed by atoms with Gasteiger partial charge in [0.2, 0.25) is 5.91 Å². The molecule has 4 nitrogen and oxygen atoms in total. The fourth-order valence-corrected chi connectivity index (χ4v) is 2.30. The number of ether oxygens (including phenoxy) is 1. The summed E-state index contributed by atoms with van der Waals surface area (Å²) < 4.78 is 5.08. The fraction of sp³-hybridized carbons (Fsp3) is 0.889. The summed E-state index contributed by atoms with van der Waals surface area (Å²) in [6.07, 6.45) is 0.287. The van der Waals surface area contributed by atoms with E-state index in [0.717, 1.165) is 24.6 Å². The molecule has 90 valence electrons. The van der Waals surface area contributed by atoms with Gasteiger partial charge >= 0.3 is 0 Å². The lowest BCUT2D eigenvalue weighted by atomic mass is 10.2. The van der Waals surface area contributed by atoms with Crippen LogP contribution in [0.4, 0.5) is 0 Å². The van der Waals surface area contributed by atoms with Gasteiger partial charge in [-0.2, -0.15) is 11.8 Å². The summed E-state index contributed by atoms with van der Waals surface area (Å²) in [5.41, 5.74) is 5.46. The standard InChI is InChI=1S/C9H18N2O2S.ClH/c1-13-8(7-10)6-9(12)11-2-4-14-5-3-11;/h8H,2-7,10H2,1H3;1H. The normalized spacial score (nSPS) is 18.1. The lowest BCUT2D eigenvalue weighted by molar-refractivity contribution is -0.133. The number of rotatable bonds is 4. The van der Waals surface area contributed by atoms with Gasteiger partial charge in [-0.15, -0.1) is 12.4 Å². The number of carbonyl (C=O) groups excluding carboxylic acids is 1. The molecule has 0 aromatic rings. The van der Waals surface area contributed by atoms with E-state index < -0.39 is 0 Å². The van der Waals surface area contributed by atoms with Gasteiger partial charge in [-0.05, 0) is 0 Å². The van der Waals surface area contributed by atoms with Crippen molar-refractivity contribution in [1.29, 1.82) is 0 Å². The smallest absolute Gasteiger partial charge is 0.225 e. The van der Waals surface area contributed by atoms with Crippen molar-refractivity contribution in [2.75, 3.05) is 38.2 Å². The highest BCUT2D eigenvalue weighted by atomic mass is 35.5. The van der Waals surface area contributed by atoms with Gasteiger partial charge < -0.3 is 15.4 Å². The molecule has 15 heavy (non-hydrogen) atoms. The number of carbonyl (C=O) groups is 1. The van der Waals surface area contributed by atoms with Crippen LogP contribution in [0.1, 0.15) is 6.42 Å². The molecule has 1 atom stereocenters. The topological polar surface area (TPSA) is 55.6 Å². The highest BCUT2D eigenvalue weighted by molar-refractivity contribution is 7.99. The van der Waals surface area contributed by atoms with E-state index in [1.807, 2.05) is 16.7 Å². The number of hydrogen-bond acceptors (Lipinski definition) is 4. The largest absolute Gasteiger partial charge is 0.380 e. The van der Waals surface area contributed by atoms with E-state index in [2.05, 4.69) is 0 Å². The number of thioether (sulfide) groups is 1. The zero-order chi connectivity index (χ0) is 10.4. The molecule has 0 aromatic carbocycles. The summed E-state index contributed by atoms with van der Waals surface area (Å²) in [6.45, 7) is 2.14. The first-order valence-electron chi connectivity index (χ1n) is 4.86. The second kappa shape index (κ2) is 8.21. The van der Waals surface area contributed by atoms with Crippen LogP contribution in [0.3, 0.4) is 0 Å². The van der Waals surface area contributed by atoms with Crippen LogP contribution in [-0.4, -0.2) is 55.2 Å². The predicted octanol–water partition coefficient (Wildman–Crippen LogP) is 0.347. The Kier molecular flexibility index (Phi) is 8.23. The molecular formula is C9H19ClN2O2S. The molecule has 2 N–H and O–H groups in total. The molecule has 0 spiro atoms. The average Bonchev–Trinajstić information content (AvgIpc) is 2.26. The maximum atomic E-state index is 11.7. The molecule has 1 saturated heterocycles. The third-order valence-electron chi connectivity index (χ3n) is 2.36. The monoisotopic (exact) mass is 254 g/mol. The third-order valence-corrected chi connectivity index (χ3v) is 3.30. The van der Waals surface area contributed by atoms with E-state index in [4.69, 9.17) is 10.5 Å². The lowest BCUT2D eigenvalue weighted by Crippen LogP contribution is -2.40. The summed E-state index contributed by atoms with van der Waals surface area (Å²) in [6, 6.07) is 0. The van der Waals surface area contributed by atoms with Crippen molar-refractivity contribution in [3.05, 3.63) is 0 Å².